The highest BCUT2D eigenvalue weighted by Gasteiger charge is 2.49. The second-order valence-electron chi connectivity index (χ2n) is 6.23. The molecule has 1 aliphatic heterocycles. The molecule has 1 spiro atoms. The molecule has 0 unspecified atom stereocenters. The Hall–Kier alpha value is -1.42. The molecule has 0 amide bonds. The predicted molar refractivity (Wildman–Crippen MR) is 74.6 cm³/mol. The number of pyridine rings is 1. The van der Waals surface area contributed by atoms with E-state index in [0.717, 1.165) is 31.4 Å². The first-order chi connectivity index (χ1) is 9.64. The van der Waals surface area contributed by atoms with Crippen LogP contribution in [0, 0.1) is 0 Å². The van der Waals surface area contributed by atoms with Crippen molar-refractivity contribution in [2.24, 2.45) is 0 Å². The van der Waals surface area contributed by atoms with E-state index in [1.807, 2.05) is 18.2 Å². The van der Waals surface area contributed by atoms with Crippen molar-refractivity contribution in [2.75, 3.05) is 6.61 Å². The van der Waals surface area contributed by atoms with E-state index in [1.54, 1.807) is 6.20 Å². The summed E-state index contributed by atoms with van der Waals surface area (Å²) in [4.78, 5) is 15.8. The van der Waals surface area contributed by atoms with Crippen LogP contribution in [0.2, 0.25) is 0 Å². The highest BCUT2D eigenvalue weighted by atomic mass is 16.5. The molecular formula is C16H21NO3. The van der Waals surface area contributed by atoms with E-state index in [4.69, 9.17) is 4.74 Å². The lowest BCUT2D eigenvalue weighted by Gasteiger charge is -2.45. The molecule has 1 aromatic rings. The second kappa shape index (κ2) is 5.17. The monoisotopic (exact) mass is 275 g/mol. The summed E-state index contributed by atoms with van der Waals surface area (Å²) < 4.78 is 6.06. The topological polar surface area (TPSA) is 59.4 Å². The van der Waals surface area contributed by atoms with Crippen LogP contribution in [-0.2, 0) is 14.9 Å². The number of carboxylic acids is 1. The lowest BCUT2D eigenvalue weighted by molar-refractivity contribution is -0.144. The van der Waals surface area contributed by atoms with Crippen molar-refractivity contribution in [3.8, 4) is 0 Å². The third-order valence-electron chi connectivity index (χ3n) is 4.86. The summed E-state index contributed by atoms with van der Waals surface area (Å²) in [6.45, 7) is 0.643. The lowest BCUT2D eigenvalue weighted by atomic mass is 9.68. The molecule has 0 radical (unpaired) electrons. The Morgan fingerprint density at radius 3 is 2.75 bits per heavy atom. The predicted octanol–water partition coefficient (Wildman–Crippen LogP) is 2.92. The van der Waals surface area contributed by atoms with Gasteiger partial charge in [0.05, 0.1) is 12.0 Å². The first-order valence-corrected chi connectivity index (χ1v) is 7.42. The van der Waals surface area contributed by atoms with E-state index in [-0.39, 0.29) is 17.4 Å². The molecule has 1 N–H and O–H groups in total. The zero-order valence-electron chi connectivity index (χ0n) is 11.7. The Labute approximate surface area is 119 Å². The van der Waals surface area contributed by atoms with Gasteiger partial charge in [0.25, 0.3) is 0 Å². The van der Waals surface area contributed by atoms with Crippen molar-refractivity contribution >= 4 is 5.97 Å². The number of nitrogens with zero attached hydrogens (tertiary/aromatic N) is 1. The number of hydrogen-bond donors (Lipinski definition) is 1. The number of carboxylic acid groups (broad SMARTS) is 1. The molecule has 1 aromatic heterocycles. The van der Waals surface area contributed by atoms with E-state index in [0.29, 0.717) is 6.61 Å². The molecule has 108 valence electrons. The molecule has 1 saturated heterocycles. The Morgan fingerprint density at radius 1 is 1.30 bits per heavy atom. The summed E-state index contributed by atoms with van der Waals surface area (Å²) in [5.41, 5.74) is 0.443. The summed E-state index contributed by atoms with van der Waals surface area (Å²) in [5.74, 6) is -0.745. The molecule has 4 heteroatoms. The van der Waals surface area contributed by atoms with Gasteiger partial charge in [-0.1, -0.05) is 18.9 Å². The number of ether oxygens (including phenoxy) is 1. The van der Waals surface area contributed by atoms with Gasteiger partial charge >= 0.3 is 5.97 Å². The van der Waals surface area contributed by atoms with E-state index in [9.17, 15) is 9.90 Å². The van der Waals surface area contributed by atoms with E-state index in [2.05, 4.69) is 4.98 Å². The zero-order chi connectivity index (χ0) is 14.1. The van der Waals surface area contributed by atoms with Gasteiger partial charge in [0.15, 0.2) is 0 Å². The molecule has 0 bridgehead atoms. The minimum atomic E-state index is -0.745. The van der Waals surface area contributed by atoms with Gasteiger partial charge in [0, 0.05) is 23.9 Å². The number of aliphatic carboxylic acids is 1. The van der Waals surface area contributed by atoms with Crippen LogP contribution < -0.4 is 0 Å². The minimum Gasteiger partial charge on any atom is -0.481 e. The molecule has 4 nitrogen and oxygen atoms in total. The first-order valence-electron chi connectivity index (χ1n) is 7.42. The average molecular weight is 275 g/mol. The number of aromatic nitrogens is 1. The maximum Gasteiger partial charge on any atom is 0.304 e. The van der Waals surface area contributed by atoms with Gasteiger partial charge in [-0.15, -0.1) is 0 Å². The van der Waals surface area contributed by atoms with Crippen LogP contribution in [0.3, 0.4) is 0 Å². The maximum atomic E-state index is 11.4. The minimum absolute atomic E-state index is 0.106. The molecule has 1 saturated carbocycles. The molecule has 20 heavy (non-hydrogen) atoms. The fourth-order valence-corrected chi connectivity index (χ4v) is 3.99. The van der Waals surface area contributed by atoms with Crippen molar-refractivity contribution in [1.29, 1.82) is 0 Å². The van der Waals surface area contributed by atoms with Gasteiger partial charge in [-0.05, 0) is 37.8 Å². The first kappa shape index (κ1) is 13.6. The third-order valence-corrected chi connectivity index (χ3v) is 4.86. The molecular weight excluding hydrogens is 254 g/mol. The summed E-state index contributed by atoms with van der Waals surface area (Å²) in [5, 5.41) is 9.35. The standard InChI is InChI=1S/C16H21NO3/c18-14(19)11-15(13-5-1-4-9-17-13)8-10-20-16(12-15)6-2-3-7-16/h1,4-5,9H,2-3,6-8,10-12H2,(H,18,19)/t15-/m1/s1. The van der Waals surface area contributed by atoms with Crippen molar-refractivity contribution in [1.82, 2.24) is 4.98 Å². The highest BCUT2D eigenvalue weighted by molar-refractivity contribution is 5.69. The Balaban J connectivity index is 1.95. The van der Waals surface area contributed by atoms with E-state index >= 15 is 0 Å². The summed E-state index contributed by atoms with van der Waals surface area (Å²) >= 11 is 0. The molecule has 2 aliphatic rings. The fourth-order valence-electron chi connectivity index (χ4n) is 3.99. The quantitative estimate of drug-likeness (QED) is 0.921. The van der Waals surface area contributed by atoms with Crippen LogP contribution >= 0.6 is 0 Å². The third kappa shape index (κ3) is 2.44. The SMILES string of the molecule is O=C(O)C[C@]1(c2ccccn2)CCOC2(CCCC2)C1. The number of rotatable bonds is 3. The van der Waals surface area contributed by atoms with Crippen LogP contribution in [-0.4, -0.2) is 28.3 Å². The van der Waals surface area contributed by atoms with Crippen LogP contribution in [0.15, 0.2) is 24.4 Å². The number of carbonyl (C=O) groups is 1. The fraction of sp³-hybridized carbons (Fsp3) is 0.625. The molecule has 1 aliphatic carbocycles. The van der Waals surface area contributed by atoms with E-state index in [1.165, 1.54) is 12.8 Å². The second-order valence-corrected chi connectivity index (χ2v) is 6.23. The van der Waals surface area contributed by atoms with Gasteiger partial charge in [-0.25, -0.2) is 0 Å². The van der Waals surface area contributed by atoms with Crippen molar-refractivity contribution in [3.63, 3.8) is 0 Å². The summed E-state index contributed by atoms with van der Waals surface area (Å²) in [6, 6.07) is 5.79. The normalized spacial score (nSPS) is 28.6. The van der Waals surface area contributed by atoms with Crippen molar-refractivity contribution in [3.05, 3.63) is 30.1 Å². The zero-order valence-corrected chi connectivity index (χ0v) is 11.7. The van der Waals surface area contributed by atoms with Gasteiger partial charge in [0.1, 0.15) is 0 Å². The molecule has 3 rings (SSSR count). The molecule has 2 heterocycles. The number of hydrogen-bond acceptors (Lipinski definition) is 3. The van der Waals surface area contributed by atoms with Gasteiger partial charge in [-0.3, -0.25) is 9.78 Å². The highest BCUT2D eigenvalue weighted by Crippen LogP contribution is 2.49. The van der Waals surface area contributed by atoms with Crippen molar-refractivity contribution in [2.45, 2.75) is 56.0 Å². The Kier molecular flexibility index (Phi) is 3.50. The van der Waals surface area contributed by atoms with E-state index < -0.39 is 5.97 Å². The van der Waals surface area contributed by atoms with Crippen LogP contribution in [0.25, 0.3) is 0 Å². The smallest absolute Gasteiger partial charge is 0.304 e. The molecule has 1 atom stereocenters. The van der Waals surface area contributed by atoms with Gasteiger partial charge in [0.2, 0.25) is 0 Å². The lowest BCUT2D eigenvalue weighted by Crippen LogP contribution is -2.47. The van der Waals surface area contributed by atoms with Crippen molar-refractivity contribution < 1.29 is 14.6 Å². The Morgan fingerprint density at radius 2 is 2.10 bits per heavy atom. The van der Waals surface area contributed by atoms with Gasteiger partial charge < -0.3 is 9.84 Å². The van der Waals surface area contributed by atoms with Crippen LogP contribution in [0.5, 0.6) is 0 Å². The van der Waals surface area contributed by atoms with Crippen LogP contribution in [0.4, 0.5) is 0 Å². The van der Waals surface area contributed by atoms with Gasteiger partial charge in [-0.2, -0.15) is 0 Å². The van der Waals surface area contributed by atoms with Crippen LogP contribution in [0.1, 0.15) is 50.6 Å². The Bertz CT molecular complexity index is 482. The maximum absolute atomic E-state index is 11.4. The summed E-state index contributed by atoms with van der Waals surface area (Å²) in [6.07, 6.45) is 7.94. The largest absolute Gasteiger partial charge is 0.481 e. The molecule has 0 aromatic carbocycles. The average Bonchev–Trinajstić information content (AvgIpc) is 2.87. The molecule has 2 fully saturated rings. The summed E-state index contributed by atoms with van der Waals surface area (Å²) in [7, 11) is 0.